The summed E-state index contributed by atoms with van der Waals surface area (Å²) in [4.78, 5) is 26.6. The fourth-order valence-electron chi connectivity index (χ4n) is 5.40. The number of carboxylic acids is 1. The summed E-state index contributed by atoms with van der Waals surface area (Å²) < 4.78 is 6.47. The topological polar surface area (TPSA) is 78.9 Å². The number of hydrogen-bond acceptors (Lipinski definition) is 5. The maximum atomic E-state index is 12.3. The molecular formula is C22H24N2O4S. The predicted octanol–water partition coefficient (Wildman–Crippen LogP) is 2.86. The Morgan fingerprint density at radius 1 is 1.28 bits per heavy atom. The van der Waals surface area contributed by atoms with Crippen LogP contribution in [0, 0.1) is 11.8 Å². The van der Waals surface area contributed by atoms with Gasteiger partial charge >= 0.3 is 5.97 Å². The highest BCUT2D eigenvalue weighted by Crippen LogP contribution is 2.54. The number of thiophene rings is 1. The van der Waals surface area contributed by atoms with E-state index in [9.17, 15) is 9.59 Å². The number of ether oxygens (including phenoxy) is 1. The lowest BCUT2D eigenvalue weighted by molar-refractivity contribution is 0.00212. The number of fused-ring (bicyclic) bond motifs is 1. The Kier molecular flexibility index (Phi) is 4.69. The van der Waals surface area contributed by atoms with Crippen molar-refractivity contribution in [1.82, 2.24) is 10.2 Å². The van der Waals surface area contributed by atoms with E-state index in [1.165, 1.54) is 11.3 Å². The molecule has 6 nitrogen and oxygen atoms in total. The first kappa shape index (κ1) is 18.8. The van der Waals surface area contributed by atoms with Gasteiger partial charge in [0.25, 0.3) is 5.91 Å². The van der Waals surface area contributed by atoms with Gasteiger partial charge in [-0.15, -0.1) is 11.3 Å². The maximum absolute atomic E-state index is 12.3. The molecule has 3 aliphatic heterocycles. The van der Waals surface area contributed by atoms with Gasteiger partial charge in [0.15, 0.2) is 0 Å². The molecule has 2 N–H and O–H groups in total. The summed E-state index contributed by atoms with van der Waals surface area (Å²) in [6.07, 6.45) is 2.41. The molecule has 5 rings (SSSR count). The quantitative estimate of drug-likeness (QED) is 0.763. The zero-order valence-electron chi connectivity index (χ0n) is 16.0. The van der Waals surface area contributed by atoms with Crippen LogP contribution in [0.3, 0.4) is 0 Å². The lowest BCUT2D eigenvalue weighted by atomic mass is 9.73. The Bertz CT molecular complexity index is 913. The summed E-state index contributed by atoms with van der Waals surface area (Å²) >= 11 is 1.46. The third-order valence-corrected chi connectivity index (χ3v) is 7.57. The van der Waals surface area contributed by atoms with Gasteiger partial charge < -0.3 is 15.2 Å². The third-order valence-electron chi connectivity index (χ3n) is 6.70. The molecule has 4 heterocycles. The van der Waals surface area contributed by atoms with Crippen molar-refractivity contribution in [2.45, 2.75) is 31.1 Å². The zero-order valence-corrected chi connectivity index (χ0v) is 16.9. The summed E-state index contributed by atoms with van der Waals surface area (Å²) in [5.41, 5.74) is 1.35. The highest BCUT2D eigenvalue weighted by molar-refractivity contribution is 7.12. The number of amides is 1. The standard InChI is InChI=1S/C22H24N2O4S/c25-20(19-2-1-9-29-19)23-10-16-17-12-24(13-22(17)8-7-18(16)28-22)11-14-3-5-15(6-4-14)21(26)27/h1-6,9,16-18H,7-8,10-13H2,(H,23,25)(H,26,27)/t16-,17+,18+,22+/m0/s1. The van der Waals surface area contributed by atoms with Crippen molar-refractivity contribution in [3.8, 4) is 0 Å². The Labute approximate surface area is 173 Å². The molecule has 1 aromatic heterocycles. The summed E-state index contributed by atoms with van der Waals surface area (Å²) in [5, 5.41) is 14.1. The van der Waals surface area contributed by atoms with Gasteiger partial charge in [-0.3, -0.25) is 9.69 Å². The average molecular weight is 413 g/mol. The van der Waals surface area contributed by atoms with Crippen molar-refractivity contribution >= 4 is 23.2 Å². The van der Waals surface area contributed by atoms with Crippen LogP contribution >= 0.6 is 11.3 Å². The van der Waals surface area contributed by atoms with E-state index in [4.69, 9.17) is 9.84 Å². The number of nitrogens with one attached hydrogen (secondary N) is 1. The molecule has 0 unspecified atom stereocenters. The van der Waals surface area contributed by atoms with Crippen molar-refractivity contribution in [1.29, 1.82) is 0 Å². The van der Waals surface area contributed by atoms with Crippen LogP contribution in [-0.4, -0.2) is 53.2 Å². The number of carbonyl (C=O) groups is 2. The van der Waals surface area contributed by atoms with Crippen LogP contribution in [0.5, 0.6) is 0 Å². The maximum Gasteiger partial charge on any atom is 0.335 e. The number of aromatic carboxylic acids is 1. The molecule has 3 aliphatic rings. The molecule has 7 heteroatoms. The molecule has 1 spiro atoms. The van der Waals surface area contributed by atoms with E-state index in [0.29, 0.717) is 23.9 Å². The van der Waals surface area contributed by atoms with Crippen LogP contribution in [0.1, 0.15) is 38.4 Å². The second-order valence-corrected chi connectivity index (χ2v) is 9.34. The summed E-state index contributed by atoms with van der Waals surface area (Å²) in [6.45, 7) is 3.32. The number of benzene rings is 1. The van der Waals surface area contributed by atoms with Crippen LogP contribution < -0.4 is 5.32 Å². The molecule has 1 amide bonds. The summed E-state index contributed by atoms with van der Waals surface area (Å²) in [5.74, 6) is -0.107. The van der Waals surface area contributed by atoms with E-state index in [0.717, 1.165) is 42.9 Å². The van der Waals surface area contributed by atoms with Crippen LogP contribution in [0.4, 0.5) is 0 Å². The van der Waals surface area contributed by atoms with Gasteiger partial charge in [-0.05, 0) is 42.0 Å². The first-order valence-electron chi connectivity index (χ1n) is 10.1. The minimum atomic E-state index is -0.899. The molecule has 152 valence electrons. The molecule has 2 bridgehead atoms. The van der Waals surface area contributed by atoms with Gasteiger partial charge in [0.2, 0.25) is 0 Å². The molecule has 2 aromatic rings. The van der Waals surface area contributed by atoms with E-state index in [1.807, 2.05) is 29.6 Å². The molecule has 0 aliphatic carbocycles. The molecule has 0 saturated carbocycles. The van der Waals surface area contributed by atoms with Crippen molar-refractivity contribution in [3.63, 3.8) is 0 Å². The van der Waals surface area contributed by atoms with Crippen LogP contribution in [-0.2, 0) is 11.3 Å². The first-order chi connectivity index (χ1) is 14.0. The van der Waals surface area contributed by atoms with Gasteiger partial charge in [0.1, 0.15) is 0 Å². The molecule has 29 heavy (non-hydrogen) atoms. The fourth-order valence-corrected chi connectivity index (χ4v) is 6.04. The monoisotopic (exact) mass is 412 g/mol. The summed E-state index contributed by atoms with van der Waals surface area (Å²) in [6, 6.07) is 10.9. The highest BCUT2D eigenvalue weighted by Gasteiger charge is 2.62. The minimum absolute atomic E-state index is 0.00481. The van der Waals surface area contributed by atoms with Crippen LogP contribution in [0.2, 0.25) is 0 Å². The molecule has 4 atom stereocenters. The zero-order chi connectivity index (χ0) is 20.0. The molecular weight excluding hydrogens is 388 g/mol. The first-order valence-corrected chi connectivity index (χ1v) is 11.0. The number of hydrogen-bond donors (Lipinski definition) is 2. The van der Waals surface area contributed by atoms with Crippen molar-refractivity contribution < 1.29 is 19.4 Å². The Balaban J connectivity index is 1.23. The van der Waals surface area contributed by atoms with E-state index < -0.39 is 5.97 Å². The number of rotatable bonds is 6. The van der Waals surface area contributed by atoms with Gasteiger partial charge in [-0.2, -0.15) is 0 Å². The second-order valence-electron chi connectivity index (χ2n) is 8.39. The molecule has 3 fully saturated rings. The Morgan fingerprint density at radius 3 is 2.83 bits per heavy atom. The van der Waals surface area contributed by atoms with Crippen LogP contribution in [0.25, 0.3) is 0 Å². The van der Waals surface area contributed by atoms with E-state index in [-0.39, 0.29) is 17.6 Å². The van der Waals surface area contributed by atoms with Gasteiger partial charge in [-0.1, -0.05) is 18.2 Å². The predicted molar refractivity (Wildman–Crippen MR) is 109 cm³/mol. The number of carboxylic acid groups (broad SMARTS) is 1. The Hall–Kier alpha value is -2.22. The highest BCUT2D eigenvalue weighted by atomic mass is 32.1. The lowest BCUT2D eigenvalue weighted by Gasteiger charge is -2.29. The van der Waals surface area contributed by atoms with E-state index in [2.05, 4.69) is 10.2 Å². The average Bonchev–Trinajstić information content (AvgIpc) is 3.47. The molecule has 0 radical (unpaired) electrons. The largest absolute Gasteiger partial charge is 0.478 e. The lowest BCUT2D eigenvalue weighted by Crippen LogP contribution is -2.41. The van der Waals surface area contributed by atoms with Gasteiger partial charge in [0, 0.05) is 38.0 Å². The molecule has 1 aromatic carbocycles. The molecule has 3 saturated heterocycles. The van der Waals surface area contributed by atoms with Crippen molar-refractivity contribution in [2.24, 2.45) is 11.8 Å². The number of likely N-dealkylation sites (tertiary alicyclic amines) is 1. The third kappa shape index (κ3) is 3.37. The normalized spacial score (nSPS) is 30.4. The summed E-state index contributed by atoms with van der Waals surface area (Å²) in [7, 11) is 0. The minimum Gasteiger partial charge on any atom is -0.478 e. The van der Waals surface area contributed by atoms with Gasteiger partial charge in [0.05, 0.1) is 22.1 Å². The Morgan fingerprint density at radius 2 is 2.10 bits per heavy atom. The van der Waals surface area contributed by atoms with Gasteiger partial charge in [-0.25, -0.2) is 4.79 Å². The van der Waals surface area contributed by atoms with Crippen molar-refractivity contribution in [2.75, 3.05) is 19.6 Å². The van der Waals surface area contributed by atoms with Crippen LogP contribution in [0.15, 0.2) is 41.8 Å². The fraction of sp³-hybridized carbons (Fsp3) is 0.455. The van der Waals surface area contributed by atoms with E-state index >= 15 is 0 Å². The van der Waals surface area contributed by atoms with Crippen molar-refractivity contribution in [3.05, 3.63) is 57.8 Å². The smallest absolute Gasteiger partial charge is 0.335 e. The number of carbonyl (C=O) groups excluding carboxylic acids is 1. The van der Waals surface area contributed by atoms with E-state index in [1.54, 1.807) is 12.1 Å². The number of nitrogens with zero attached hydrogens (tertiary/aromatic N) is 1. The second kappa shape index (κ2) is 7.23. The SMILES string of the molecule is O=C(O)c1ccc(CN2C[C@@H]3[C@H](CNC(=O)c4cccs4)[C@H]4CC[C@]3(C2)O4)cc1.